The van der Waals surface area contributed by atoms with Gasteiger partial charge >= 0.3 is 6.16 Å². The number of hydrogen-bond acceptors (Lipinski definition) is 7. The van der Waals surface area contributed by atoms with Crippen molar-refractivity contribution >= 4 is 27.8 Å². The summed E-state index contributed by atoms with van der Waals surface area (Å²) in [6, 6.07) is 6.30. The first-order chi connectivity index (χ1) is 17.7. The van der Waals surface area contributed by atoms with Crippen LogP contribution in [0.4, 0.5) is 14.9 Å². The number of ether oxygens (including phenoxy) is 2. The average molecular weight is 534 g/mol. The SMILES string of the molecule is CCN1CC[C@H](C(=O)NCc2cc(F)ccc2S(=O)(=O)Nc2ccc3c(c2OC(=O)O)OC[C@@H]2C[C@H]32)C1. The summed E-state index contributed by atoms with van der Waals surface area (Å²) in [5, 5.41) is 12.0. The van der Waals surface area contributed by atoms with Gasteiger partial charge in [-0.2, -0.15) is 0 Å². The smallest absolute Gasteiger partial charge is 0.489 e. The number of carbonyl (C=O) groups excluding carboxylic acids is 1. The quantitative estimate of drug-likeness (QED) is 0.348. The second-order valence-corrected chi connectivity index (χ2v) is 11.2. The lowest BCUT2D eigenvalue weighted by atomic mass is 10.0. The molecule has 3 N–H and O–H groups in total. The van der Waals surface area contributed by atoms with Gasteiger partial charge in [-0.15, -0.1) is 0 Å². The number of amides is 1. The third-order valence-corrected chi connectivity index (χ3v) is 8.66. The second-order valence-electron chi connectivity index (χ2n) is 9.60. The predicted molar refractivity (Wildman–Crippen MR) is 131 cm³/mol. The topological polar surface area (TPSA) is 134 Å². The highest BCUT2D eigenvalue weighted by atomic mass is 32.2. The largest absolute Gasteiger partial charge is 0.511 e. The van der Waals surface area contributed by atoms with Crippen molar-refractivity contribution in [2.45, 2.75) is 37.1 Å². The van der Waals surface area contributed by atoms with Gasteiger partial charge in [0.2, 0.25) is 11.7 Å². The van der Waals surface area contributed by atoms with Crippen LogP contribution in [0, 0.1) is 17.7 Å². The molecule has 1 aliphatic carbocycles. The molecule has 2 heterocycles. The summed E-state index contributed by atoms with van der Waals surface area (Å²) < 4.78 is 53.9. The van der Waals surface area contributed by atoms with E-state index in [0.29, 0.717) is 25.5 Å². The lowest BCUT2D eigenvalue weighted by Gasteiger charge is -2.22. The number of carboxylic acid groups (broad SMARTS) is 1. The van der Waals surface area contributed by atoms with E-state index >= 15 is 0 Å². The van der Waals surface area contributed by atoms with E-state index in [0.717, 1.165) is 43.3 Å². The second kappa shape index (κ2) is 9.82. The maximum absolute atomic E-state index is 14.1. The first-order valence-electron chi connectivity index (χ1n) is 12.2. The zero-order chi connectivity index (χ0) is 26.3. The Kier molecular flexibility index (Phi) is 6.71. The molecule has 0 radical (unpaired) electrons. The fourth-order valence-electron chi connectivity index (χ4n) is 5.10. The Labute approximate surface area is 213 Å². The van der Waals surface area contributed by atoms with Gasteiger partial charge < -0.3 is 24.8 Å². The fraction of sp³-hybridized carbons (Fsp3) is 0.440. The van der Waals surface area contributed by atoms with Crippen LogP contribution in [0.2, 0.25) is 0 Å². The molecule has 2 aromatic carbocycles. The summed E-state index contributed by atoms with van der Waals surface area (Å²) in [4.78, 5) is 25.9. The third kappa shape index (κ3) is 5.21. The summed E-state index contributed by atoms with van der Waals surface area (Å²) in [6.07, 6.45) is -0.00896. The van der Waals surface area contributed by atoms with Gasteiger partial charge in [0.05, 0.1) is 23.1 Å². The summed E-state index contributed by atoms with van der Waals surface area (Å²) in [5.74, 6) is -0.551. The molecule has 0 bridgehead atoms. The van der Waals surface area contributed by atoms with E-state index in [1.54, 1.807) is 6.07 Å². The molecule has 1 saturated carbocycles. The molecule has 10 nitrogen and oxygen atoms in total. The Morgan fingerprint density at radius 2 is 2.08 bits per heavy atom. The molecule has 1 amide bonds. The first-order valence-corrected chi connectivity index (χ1v) is 13.7. The Bertz CT molecular complexity index is 1350. The summed E-state index contributed by atoms with van der Waals surface area (Å²) >= 11 is 0. The van der Waals surface area contributed by atoms with Crippen molar-refractivity contribution < 1.29 is 37.0 Å². The maximum atomic E-state index is 14.1. The molecule has 37 heavy (non-hydrogen) atoms. The van der Waals surface area contributed by atoms with Crippen molar-refractivity contribution in [1.29, 1.82) is 0 Å². The molecular formula is C25H28FN3O7S. The molecule has 198 valence electrons. The number of rotatable bonds is 8. The lowest BCUT2D eigenvalue weighted by Crippen LogP contribution is -2.33. The Hall–Kier alpha value is -3.38. The zero-order valence-electron chi connectivity index (χ0n) is 20.2. The van der Waals surface area contributed by atoms with Gasteiger partial charge in [-0.05, 0) is 61.7 Å². The highest BCUT2D eigenvalue weighted by molar-refractivity contribution is 7.92. The van der Waals surface area contributed by atoms with Crippen molar-refractivity contribution in [2.24, 2.45) is 11.8 Å². The maximum Gasteiger partial charge on any atom is 0.511 e. The molecular weight excluding hydrogens is 505 g/mol. The Morgan fingerprint density at radius 3 is 2.81 bits per heavy atom. The number of sulfonamides is 1. The van der Waals surface area contributed by atoms with Gasteiger partial charge in [0.25, 0.3) is 10.0 Å². The normalized spacial score (nSPS) is 22.4. The summed E-state index contributed by atoms with van der Waals surface area (Å²) in [5.41, 5.74) is 0.710. The van der Waals surface area contributed by atoms with Gasteiger partial charge in [-0.25, -0.2) is 17.6 Å². The van der Waals surface area contributed by atoms with E-state index in [-0.39, 0.29) is 51.9 Å². The summed E-state index contributed by atoms with van der Waals surface area (Å²) in [6.45, 7) is 4.48. The highest BCUT2D eigenvalue weighted by Gasteiger charge is 2.45. The number of fused-ring (bicyclic) bond motifs is 3. The number of carbonyl (C=O) groups is 2. The minimum absolute atomic E-state index is 0.0573. The predicted octanol–water partition coefficient (Wildman–Crippen LogP) is 3.14. The average Bonchev–Trinajstić information content (AvgIpc) is 3.50. The van der Waals surface area contributed by atoms with Crippen molar-refractivity contribution in [1.82, 2.24) is 10.2 Å². The van der Waals surface area contributed by atoms with Gasteiger partial charge in [0, 0.05) is 24.6 Å². The van der Waals surface area contributed by atoms with E-state index in [1.165, 1.54) is 6.07 Å². The van der Waals surface area contributed by atoms with Gasteiger partial charge in [0.1, 0.15) is 5.82 Å². The van der Waals surface area contributed by atoms with Gasteiger partial charge in [-0.3, -0.25) is 9.52 Å². The van der Waals surface area contributed by atoms with E-state index in [9.17, 15) is 27.5 Å². The number of anilines is 1. The Balaban J connectivity index is 1.39. The summed E-state index contributed by atoms with van der Waals surface area (Å²) in [7, 11) is -4.33. The molecule has 2 aliphatic heterocycles. The molecule has 2 fully saturated rings. The van der Waals surface area contributed by atoms with E-state index < -0.39 is 22.0 Å². The van der Waals surface area contributed by atoms with Crippen LogP contribution in [-0.2, 0) is 21.4 Å². The molecule has 0 spiro atoms. The number of likely N-dealkylation sites (tertiary alicyclic amines) is 1. The van der Waals surface area contributed by atoms with Crippen molar-refractivity contribution in [2.75, 3.05) is 31.0 Å². The van der Waals surface area contributed by atoms with Crippen LogP contribution in [0.1, 0.15) is 36.8 Å². The van der Waals surface area contributed by atoms with Crippen LogP contribution in [0.25, 0.3) is 0 Å². The molecule has 12 heteroatoms. The first kappa shape index (κ1) is 25.3. The van der Waals surface area contributed by atoms with Crippen molar-refractivity contribution in [3.63, 3.8) is 0 Å². The molecule has 1 saturated heterocycles. The molecule has 3 aliphatic rings. The van der Waals surface area contributed by atoms with Crippen LogP contribution in [0.15, 0.2) is 35.2 Å². The number of nitrogens with one attached hydrogen (secondary N) is 2. The van der Waals surface area contributed by atoms with E-state index in [4.69, 9.17) is 9.47 Å². The molecule has 3 atom stereocenters. The van der Waals surface area contributed by atoms with Crippen molar-refractivity contribution in [3.05, 3.63) is 47.3 Å². The zero-order valence-corrected chi connectivity index (χ0v) is 21.0. The minimum atomic E-state index is -4.33. The number of benzene rings is 2. The number of hydrogen-bond donors (Lipinski definition) is 3. The standard InChI is InChI=1S/C25H28FN3O7S/c1-2-29-8-7-14(12-29)24(30)27-11-15-9-17(26)3-6-21(15)37(33,34)28-20-5-4-18-19-10-16(19)13-35-22(18)23(20)36-25(31)32/h3-6,9,14,16,19,28H,2,7-8,10-13H2,1H3,(H,27,30)(H,31,32)/t14-,16-,19-/m0/s1. The Morgan fingerprint density at radius 1 is 1.27 bits per heavy atom. The highest BCUT2D eigenvalue weighted by Crippen LogP contribution is 2.57. The van der Waals surface area contributed by atoms with E-state index in [1.807, 2.05) is 6.92 Å². The van der Waals surface area contributed by atoms with Gasteiger partial charge in [0.15, 0.2) is 5.75 Å². The van der Waals surface area contributed by atoms with Crippen LogP contribution in [0.3, 0.4) is 0 Å². The minimum Gasteiger partial charge on any atom is -0.489 e. The molecule has 0 aromatic heterocycles. The monoisotopic (exact) mass is 533 g/mol. The van der Waals surface area contributed by atoms with Crippen LogP contribution in [-0.4, -0.2) is 56.7 Å². The third-order valence-electron chi connectivity index (χ3n) is 7.20. The molecule has 0 unspecified atom stereocenters. The van der Waals surface area contributed by atoms with Gasteiger partial charge in [-0.1, -0.05) is 13.0 Å². The molecule has 2 aromatic rings. The van der Waals surface area contributed by atoms with Crippen molar-refractivity contribution in [3.8, 4) is 11.5 Å². The molecule has 5 rings (SSSR count). The number of halogens is 1. The number of nitrogens with zero attached hydrogens (tertiary/aromatic N) is 1. The van der Waals surface area contributed by atoms with E-state index in [2.05, 4.69) is 14.9 Å². The van der Waals surface area contributed by atoms with Crippen LogP contribution < -0.4 is 19.5 Å². The van der Waals surface area contributed by atoms with Crippen LogP contribution in [0.5, 0.6) is 11.5 Å². The lowest BCUT2D eigenvalue weighted by molar-refractivity contribution is -0.124. The van der Waals surface area contributed by atoms with Crippen LogP contribution >= 0.6 is 0 Å². The fourth-order valence-corrected chi connectivity index (χ4v) is 6.38.